The van der Waals surface area contributed by atoms with Gasteiger partial charge >= 0.3 is 23.7 Å². The van der Waals surface area contributed by atoms with Crippen LogP contribution in [-0.2, 0) is 20.9 Å². The first-order valence-corrected chi connectivity index (χ1v) is 9.83. The van der Waals surface area contributed by atoms with Crippen molar-refractivity contribution >= 4 is 35.6 Å². The van der Waals surface area contributed by atoms with E-state index in [1.54, 1.807) is 0 Å². The summed E-state index contributed by atoms with van der Waals surface area (Å²) in [5.74, 6) is -3.36. The predicted octanol–water partition coefficient (Wildman–Crippen LogP) is 1.93. The highest BCUT2D eigenvalue weighted by Crippen LogP contribution is 2.39. The van der Waals surface area contributed by atoms with Crippen molar-refractivity contribution in [2.45, 2.75) is 19.6 Å². The predicted molar refractivity (Wildman–Crippen MR) is 114 cm³/mol. The number of carboxylic acid groups (broad SMARTS) is 1. The molecule has 0 bridgehead atoms. The molecule has 35 heavy (non-hydrogen) atoms. The van der Waals surface area contributed by atoms with Crippen LogP contribution >= 0.6 is 0 Å². The molecule has 1 fully saturated rings. The molecule has 184 valence electrons. The molecule has 0 radical (unpaired) electrons. The number of benzene rings is 1. The van der Waals surface area contributed by atoms with Gasteiger partial charge in [0.15, 0.2) is 11.9 Å². The SMILES string of the molecule is COC(=O)c1ccc(CN2C(=O)NC(=Cc3cc(OC)c(OC(C)C(=O)O)c([N+](=O)[O-])c3)C2=O)o1. The smallest absolute Gasteiger partial charge is 0.373 e. The molecule has 2 heterocycles. The summed E-state index contributed by atoms with van der Waals surface area (Å²) in [4.78, 5) is 59.3. The molecular weight excluding hydrogens is 470 g/mol. The summed E-state index contributed by atoms with van der Waals surface area (Å²) in [6.07, 6.45) is -0.223. The molecule has 2 N–H and O–H groups in total. The third-order valence-corrected chi connectivity index (χ3v) is 4.75. The summed E-state index contributed by atoms with van der Waals surface area (Å²) in [6.45, 7) is 0.901. The number of imide groups is 1. The molecule has 0 saturated carbocycles. The van der Waals surface area contributed by atoms with Crippen LogP contribution in [0, 0.1) is 10.1 Å². The van der Waals surface area contributed by atoms with Crippen LogP contribution in [0.4, 0.5) is 10.5 Å². The number of rotatable bonds is 9. The van der Waals surface area contributed by atoms with Gasteiger partial charge in [0.2, 0.25) is 11.5 Å². The number of nitro benzene ring substituents is 1. The summed E-state index contributed by atoms with van der Waals surface area (Å²) in [7, 11) is 2.37. The van der Waals surface area contributed by atoms with E-state index >= 15 is 0 Å². The Morgan fingerprint density at radius 3 is 2.60 bits per heavy atom. The van der Waals surface area contributed by atoms with Gasteiger partial charge in [-0.1, -0.05) is 0 Å². The zero-order valence-electron chi connectivity index (χ0n) is 18.6. The van der Waals surface area contributed by atoms with Gasteiger partial charge in [0, 0.05) is 6.07 Å². The highest BCUT2D eigenvalue weighted by molar-refractivity contribution is 6.13. The minimum absolute atomic E-state index is 0.0976. The zero-order valence-corrected chi connectivity index (χ0v) is 18.6. The molecule has 14 heteroatoms. The Morgan fingerprint density at radius 2 is 2.00 bits per heavy atom. The quantitative estimate of drug-likeness (QED) is 0.172. The Morgan fingerprint density at radius 1 is 1.29 bits per heavy atom. The molecule has 1 saturated heterocycles. The zero-order chi connectivity index (χ0) is 25.9. The van der Waals surface area contributed by atoms with Gasteiger partial charge in [-0.25, -0.2) is 14.4 Å². The molecule has 1 aromatic heterocycles. The van der Waals surface area contributed by atoms with E-state index in [-0.39, 0.29) is 35.1 Å². The summed E-state index contributed by atoms with van der Waals surface area (Å²) in [5.41, 5.74) is -0.706. The lowest BCUT2D eigenvalue weighted by atomic mass is 10.1. The number of nitro groups is 1. The monoisotopic (exact) mass is 489 g/mol. The maximum atomic E-state index is 12.8. The summed E-state index contributed by atoms with van der Waals surface area (Å²) in [5, 5.41) is 23.0. The number of nitrogens with zero attached hydrogens (tertiary/aromatic N) is 2. The average Bonchev–Trinajstić information content (AvgIpc) is 3.39. The van der Waals surface area contributed by atoms with Gasteiger partial charge in [0.05, 0.1) is 25.7 Å². The number of esters is 1. The number of furan rings is 1. The van der Waals surface area contributed by atoms with Crippen molar-refractivity contribution in [3.8, 4) is 11.5 Å². The lowest BCUT2D eigenvalue weighted by Crippen LogP contribution is -2.30. The van der Waals surface area contributed by atoms with Crippen LogP contribution in [0.5, 0.6) is 11.5 Å². The number of carbonyl (C=O) groups excluding carboxylic acids is 3. The average molecular weight is 489 g/mol. The van der Waals surface area contributed by atoms with Crippen LogP contribution in [-0.4, -0.2) is 59.1 Å². The third-order valence-electron chi connectivity index (χ3n) is 4.75. The van der Waals surface area contributed by atoms with Gasteiger partial charge in [0.25, 0.3) is 5.91 Å². The molecule has 1 unspecified atom stereocenters. The molecule has 0 aliphatic carbocycles. The topological polar surface area (TPSA) is 188 Å². The Balaban J connectivity index is 1.90. The molecule has 3 rings (SSSR count). The van der Waals surface area contributed by atoms with E-state index in [0.717, 1.165) is 11.0 Å². The number of carboxylic acids is 1. The Labute approximate surface area is 196 Å². The molecular formula is C21H19N3O11. The van der Waals surface area contributed by atoms with Gasteiger partial charge in [0.1, 0.15) is 11.5 Å². The number of methoxy groups -OCH3 is 2. The summed E-state index contributed by atoms with van der Waals surface area (Å²) < 4.78 is 20.1. The van der Waals surface area contributed by atoms with E-state index in [1.807, 2.05) is 0 Å². The molecule has 1 atom stereocenters. The van der Waals surface area contributed by atoms with E-state index in [0.29, 0.717) is 0 Å². The molecule has 14 nitrogen and oxygen atoms in total. The number of ether oxygens (including phenoxy) is 3. The fourth-order valence-corrected chi connectivity index (χ4v) is 3.04. The van der Waals surface area contributed by atoms with Crippen LogP contribution in [0.3, 0.4) is 0 Å². The summed E-state index contributed by atoms with van der Waals surface area (Å²) >= 11 is 0. The standard InChI is InChI=1S/C21H19N3O11/c1-10(19(26)27)34-17-14(24(30)31)7-11(8-16(17)32-2)6-13-18(25)23(21(29)22-13)9-12-4-5-15(35-12)20(28)33-3/h4-8,10H,9H2,1-3H3,(H,22,29)(H,26,27). The molecule has 1 aromatic carbocycles. The maximum Gasteiger partial charge on any atom is 0.373 e. The number of urea groups is 1. The van der Waals surface area contributed by atoms with Crippen molar-refractivity contribution in [3.05, 3.63) is 57.2 Å². The highest BCUT2D eigenvalue weighted by Gasteiger charge is 2.35. The van der Waals surface area contributed by atoms with Crippen molar-refractivity contribution in [3.63, 3.8) is 0 Å². The van der Waals surface area contributed by atoms with E-state index < -0.39 is 46.3 Å². The van der Waals surface area contributed by atoms with Crippen molar-refractivity contribution in [2.75, 3.05) is 14.2 Å². The third kappa shape index (κ3) is 5.21. The molecule has 3 amide bonds. The number of hydrogen-bond donors (Lipinski definition) is 2. The number of hydrogen-bond acceptors (Lipinski definition) is 10. The van der Waals surface area contributed by atoms with Gasteiger partial charge in [-0.05, 0) is 36.8 Å². The van der Waals surface area contributed by atoms with E-state index in [1.165, 1.54) is 45.4 Å². The molecule has 1 aliphatic rings. The Bertz CT molecular complexity index is 1250. The second kappa shape index (κ2) is 9.94. The lowest BCUT2D eigenvalue weighted by Gasteiger charge is -2.14. The maximum absolute atomic E-state index is 12.8. The van der Waals surface area contributed by atoms with Crippen molar-refractivity contribution in [1.82, 2.24) is 10.2 Å². The number of nitrogens with one attached hydrogen (secondary N) is 1. The first-order chi connectivity index (χ1) is 16.5. The minimum atomic E-state index is -1.41. The van der Waals surface area contributed by atoms with Gasteiger partial charge in [-0.3, -0.25) is 19.8 Å². The number of amides is 3. The molecule has 2 aromatic rings. The van der Waals surface area contributed by atoms with Crippen molar-refractivity contribution in [2.24, 2.45) is 0 Å². The van der Waals surface area contributed by atoms with Crippen molar-refractivity contribution < 1.29 is 47.8 Å². The second-order valence-electron chi connectivity index (χ2n) is 7.06. The van der Waals surface area contributed by atoms with Crippen LogP contribution in [0.1, 0.15) is 28.8 Å². The van der Waals surface area contributed by atoms with E-state index in [9.17, 15) is 29.3 Å². The van der Waals surface area contributed by atoms with Gasteiger partial charge < -0.3 is 29.1 Å². The Kier molecular flexibility index (Phi) is 7.03. The second-order valence-corrected chi connectivity index (χ2v) is 7.06. The minimum Gasteiger partial charge on any atom is -0.493 e. The van der Waals surface area contributed by atoms with Gasteiger partial charge in [-0.15, -0.1) is 0 Å². The van der Waals surface area contributed by atoms with Crippen molar-refractivity contribution in [1.29, 1.82) is 0 Å². The number of aliphatic carboxylic acids is 1. The fourth-order valence-electron chi connectivity index (χ4n) is 3.04. The molecule has 1 aliphatic heterocycles. The Hall–Kier alpha value is -4.88. The van der Waals surface area contributed by atoms with Crippen LogP contribution in [0.25, 0.3) is 6.08 Å². The van der Waals surface area contributed by atoms with Crippen LogP contribution in [0.2, 0.25) is 0 Å². The van der Waals surface area contributed by atoms with E-state index in [4.69, 9.17) is 19.0 Å². The normalized spacial score (nSPS) is 15.1. The van der Waals surface area contributed by atoms with Crippen LogP contribution < -0.4 is 14.8 Å². The fraction of sp³-hybridized carbons (Fsp3) is 0.238. The first kappa shape index (κ1) is 24.8. The number of carbonyl (C=O) groups is 4. The van der Waals surface area contributed by atoms with E-state index in [2.05, 4.69) is 10.1 Å². The largest absolute Gasteiger partial charge is 0.493 e. The molecule has 0 spiro atoms. The first-order valence-electron chi connectivity index (χ1n) is 9.83. The highest BCUT2D eigenvalue weighted by atomic mass is 16.6. The lowest BCUT2D eigenvalue weighted by molar-refractivity contribution is -0.386. The summed E-state index contributed by atoms with van der Waals surface area (Å²) in [6, 6.07) is 4.27. The van der Waals surface area contributed by atoms with Crippen LogP contribution in [0.15, 0.2) is 34.4 Å². The van der Waals surface area contributed by atoms with Gasteiger partial charge in [-0.2, -0.15) is 0 Å².